The molecule has 3 aliphatic rings. The summed E-state index contributed by atoms with van der Waals surface area (Å²) >= 11 is 0. The van der Waals surface area contributed by atoms with Crippen LogP contribution in [-0.4, -0.2) is 77.4 Å². The number of hydrogen-bond acceptors (Lipinski definition) is 6. The van der Waals surface area contributed by atoms with Gasteiger partial charge < -0.3 is 30.6 Å². The quantitative estimate of drug-likeness (QED) is 0.440. The highest BCUT2D eigenvalue weighted by Crippen LogP contribution is 2.42. The molecule has 0 spiro atoms. The molecule has 0 saturated heterocycles. The van der Waals surface area contributed by atoms with Gasteiger partial charge in [0.2, 0.25) is 11.4 Å². The summed E-state index contributed by atoms with van der Waals surface area (Å²) in [5, 5.41) is 69.3. The number of hydrogen-bond donors (Lipinski definition) is 4. The molecule has 0 heterocycles. The number of rotatable bonds is 4. The van der Waals surface area contributed by atoms with E-state index in [1.165, 1.54) is 24.3 Å². The van der Waals surface area contributed by atoms with Gasteiger partial charge in [-0.15, -0.1) is 0 Å². The molecular formula is C28H38N2O6. The smallest absolute Gasteiger partial charge is 0.207 e. The first kappa shape index (κ1) is 27.5. The average Bonchev–Trinajstić information content (AvgIpc) is 2.72. The van der Waals surface area contributed by atoms with E-state index in [1.54, 1.807) is 0 Å². The van der Waals surface area contributed by atoms with Crippen LogP contribution in [0.5, 0.6) is 0 Å². The predicted octanol–water partition coefficient (Wildman–Crippen LogP) is 2.39. The molecule has 0 unspecified atom stereocenters. The second-order valence-electron chi connectivity index (χ2n) is 10.6. The third kappa shape index (κ3) is 4.67. The SMILES string of the molecule is CC(C)[N+](=C1C=C(O)C(=C2C([O-])C(=C3C(O)=CC(=[N+](C(C)C)C(C)C)C=C3O)C2[O-])C(O)=C1)C(C)C. The van der Waals surface area contributed by atoms with E-state index in [0.29, 0.717) is 11.4 Å². The van der Waals surface area contributed by atoms with Crippen molar-refractivity contribution < 1.29 is 39.8 Å². The van der Waals surface area contributed by atoms with Crippen LogP contribution in [0.4, 0.5) is 0 Å². The Morgan fingerprint density at radius 3 is 0.944 bits per heavy atom. The van der Waals surface area contributed by atoms with Crippen LogP contribution >= 0.6 is 0 Å². The molecule has 1 saturated carbocycles. The minimum Gasteiger partial charge on any atom is -0.846 e. The lowest BCUT2D eigenvalue weighted by atomic mass is 9.71. The predicted molar refractivity (Wildman–Crippen MR) is 136 cm³/mol. The number of aliphatic hydroxyl groups excluding tert-OH is 4. The van der Waals surface area contributed by atoms with E-state index in [1.807, 2.05) is 64.5 Å². The Hall–Kier alpha value is -3.10. The van der Waals surface area contributed by atoms with Gasteiger partial charge in [-0.25, -0.2) is 9.15 Å². The van der Waals surface area contributed by atoms with Crippen LogP contribution in [0.2, 0.25) is 0 Å². The largest absolute Gasteiger partial charge is 0.846 e. The van der Waals surface area contributed by atoms with Crippen molar-refractivity contribution in [1.29, 1.82) is 0 Å². The fourth-order valence-electron chi connectivity index (χ4n) is 5.51. The number of allylic oxidation sites excluding steroid dienone is 4. The molecule has 0 aliphatic heterocycles. The van der Waals surface area contributed by atoms with E-state index < -0.39 is 12.2 Å². The molecule has 196 valence electrons. The highest BCUT2D eigenvalue weighted by molar-refractivity contribution is 6.04. The minimum atomic E-state index is -1.73. The summed E-state index contributed by atoms with van der Waals surface area (Å²) in [6.07, 6.45) is 2.31. The molecule has 1 fully saturated rings. The van der Waals surface area contributed by atoms with Gasteiger partial charge >= 0.3 is 0 Å². The van der Waals surface area contributed by atoms with Crippen molar-refractivity contribution in [3.8, 4) is 0 Å². The second-order valence-corrected chi connectivity index (χ2v) is 10.6. The summed E-state index contributed by atoms with van der Waals surface area (Å²) in [6, 6.07) is 0.340. The van der Waals surface area contributed by atoms with Crippen LogP contribution in [0.15, 0.2) is 69.6 Å². The van der Waals surface area contributed by atoms with E-state index in [4.69, 9.17) is 0 Å². The Bertz CT molecular complexity index is 1030. The summed E-state index contributed by atoms with van der Waals surface area (Å²) < 4.78 is 3.98. The second kappa shape index (κ2) is 10.1. The summed E-state index contributed by atoms with van der Waals surface area (Å²) in [7, 11) is 0. The zero-order valence-corrected chi connectivity index (χ0v) is 22.3. The molecule has 0 radical (unpaired) electrons. The van der Waals surface area contributed by atoms with Crippen molar-refractivity contribution >= 4 is 11.4 Å². The monoisotopic (exact) mass is 498 g/mol. The molecule has 4 N–H and O–H groups in total. The molecule has 0 bridgehead atoms. The lowest BCUT2D eigenvalue weighted by Gasteiger charge is -2.54. The normalized spacial score (nSPS) is 22.8. The van der Waals surface area contributed by atoms with Gasteiger partial charge in [0, 0.05) is 0 Å². The third-order valence-corrected chi connectivity index (χ3v) is 6.69. The van der Waals surface area contributed by atoms with Crippen molar-refractivity contribution in [1.82, 2.24) is 0 Å². The lowest BCUT2D eigenvalue weighted by Crippen LogP contribution is -2.57. The molecular weight excluding hydrogens is 460 g/mol. The standard InChI is InChI=1S/C28H36N2O6/c1-13(2)29(14(3)4)17-9-19(31)23(20(32)10-17)25-27(35)26(28(25)36)24-21(33)11-18(12-22(24)34)30(15(5)6)16(7)8/h9-16,27-28H,1-8H3,(H2,31,32,33,34)/q-2/p+2. The van der Waals surface area contributed by atoms with E-state index in [9.17, 15) is 30.6 Å². The Labute approximate surface area is 212 Å². The van der Waals surface area contributed by atoms with E-state index in [2.05, 4.69) is 0 Å². The fraction of sp³-hybridized carbons (Fsp3) is 0.500. The lowest BCUT2D eigenvalue weighted by molar-refractivity contribution is -0.586. The van der Waals surface area contributed by atoms with Gasteiger partial charge in [-0.1, -0.05) is 23.4 Å². The molecule has 8 heteroatoms. The van der Waals surface area contributed by atoms with Gasteiger partial charge in [0.05, 0.1) is 35.5 Å². The number of nitrogens with zero attached hydrogens (tertiary/aromatic N) is 2. The molecule has 0 atom stereocenters. The topological polar surface area (TPSA) is 133 Å². The fourth-order valence-corrected chi connectivity index (χ4v) is 5.51. The third-order valence-electron chi connectivity index (χ3n) is 6.69. The first-order chi connectivity index (χ1) is 16.7. The molecule has 36 heavy (non-hydrogen) atoms. The zero-order chi connectivity index (χ0) is 27.2. The van der Waals surface area contributed by atoms with Gasteiger partial charge in [0.25, 0.3) is 0 Å². The first-order valence-electron chi connectivity index (χ1n) is 12.4. The molecule has 3 rings (SSSR count). The Morgan fingerprint density at radius 2 is 0.750 bits per heavy atom. The summed E-state index contributed by atoms with van der Waals surface area (Å²) in [5.74, 6) is -1.44. The van der Waals surface area contributed by atoms with Gasteiger partial charge in [-0.2, -0.15) is 0 Å². The maximum Gasteiger partial charge on any atom is 0.207 e. The molecule has 0 amide bonds. The number of aliphatic hydroxyl groups is 4. The van der Waals surface area contributed by atoms with Crippen LogP contribution in [0.25, 0.3) is 0 Å². The Morgan fingerprint density at radius 1 is 0.528 bits per heavy atom. The van der Waals surface area contributed by atoms with Crippen LogP contribution < -0.4 is 10.2 Å². The highest BCUT2D eigenvalue weighted by Gasteiger charge is 2.38. The molecule has 0 aromatic rings. The highest BCUT2D eigenvalue weighted by atomic mass is 16.3. The summed E-state index contributed by atoms with van der Waals surface area (Å²) in [5.41, 5.74) is 0.326. The van der Waals surface area contributed by atoms with Crippen molar-refractivity contribution in [2.45, 2.75) is 91.8 Å². The summed E-state index contributed by atoms with van der Waals surface area (Å²) in [4.78, 5) is 0. The average molecular weight is 499 g/mol. The molecule has 0 aromatic carbocycles. The summed E-state index contributed by atoms with van der Waals surface area (Å²) in [6.45, 7) is 15.9. The van der Waals surface area contributed by atoms with Crippen molar-refractivity contribution in [3.05, 3.63) is 69.6 Å². The van der Waals surface area contributed by atoms with Gasteiger partial charge in [-0.3, -0.25) is 0 Å². The van der Waals surface area contributed by atoms with E-state index in [0.717, 1.165) is 0 Å². The van der Waals surface area contributed by atoms with Crippen LogP contribution in [0.1, 0.15) is 55.4 Å². The van der Waals surface area contributed by atoms with Gasteiger partial charge in [0.1, 0.15) is 47.2 Å². The van der Waals surface area contributed by atoms with Crippen molar-refractivity contribution in [3.63, 3.8) is 0 Å². The first-order valence-corrected chi connectivity index (χ1v) is 12.4. The zero-order valence-electron chi connectivity index (χ0n) is 22.3. The maximum atomic E-state index is 13.2. The van der Waals surface area contributed by atoms with Gasteiger partial charge in [0.15, 0.2) is 0 Å². The van der Waals surface area contributed by atoms with Crippen LogP contribution in [0.3, 0.4) is 0 Å². The Kier molecular flexibility index (Phi) is 7.72. The van der Waals surface area contributed by atoms with Gasteiger partial charge in [-0.05, 0) is 55.4 Å². The van der Waals surface area contributed by atoms with Crippen molar-refractivity contribution in [2.24, 2.45) is 0 Å². The molecule has 8 nitrogen and oxygen atoms in total. The molecule has 0 aromatic heterocycles. The minimum absolute atomic E-state index is 0.0849. The van der Waals surface area contributed by atoms with Crippen LogP contribution in [-0.2, 0) is 0 Å². The van der Waals surface area contributed by atoms with E-state index in [-0.39, 0.29) is 69.5 Å². The van der Waals surface area contributed by atoms with E-state index >= 15 is 0 Å². The van der Waals surface area contributed by atoms with Crippen molar-refractivity contribution in [2.75, 3.05) is 0 Å². The maximum absolute atomic E-state index is 13.2. The molecule has 3 aliphatic carbocycles. The Balaban J connectivity index is 2.09. The van der Waals surface area contributed by atoms with Crippen LogP contribution in [0, 0.1) is 0 Å².